The summed E-state index contributed by atoms with van der Waals surface area (Å²) in [5, 5.41) is 4.82. The predicted molar refractivity (Wildman–Crippen MR) is 78.2 cm³/mol. The van der Waals surface area contributed by atoms with Gasteiger partial charge in [0.05, 0.1) is 0 Å². The minimum atomic E-state index is 0.290. The maximum atomic E-state index is 6.13. The summed E-state index contributed by atoms with van der Waals surface area (Å²) in [6.07, 6.45) is 0. The third-order valence-electron chi connectivity index (χ3n) is 2.91. The van der Waals surface area contributed by atoms with Crippen LogP contribution in [0.3, 0.4) is 0 Å². The normalized spacial score (nSPS) is 12.4. The molecule has 0 saturated heterocycles. The summed E-state index contributed by atoms with van der Waals surface area (Å²) in [4.78, 5) is 0. The molecular weight excluding hydrogens is 265 g/mol. The molecule has 94 valence electrons. The van der Waals surface area contributed by atoms with Crippen LogP contribution in [0.25, 0.3) is 0 Å². The predicted octanol–water partition coefficient (Wildman–Crippen LogP) is 4.84. The fourth-order valence-electron chi connectivity index (χ4n) is 1.79. The Hall–Kier alpha value is -1.02. The first-order chi connectivity index (χ1) is 8.66. The maximum absolute atomic E-state index is 6.13. The van der Waals surface area contributed by atoms with Gasteiger partial charge in [0.1, 0.15) is 0 Å². The molecule has 0 heterocycles. The molecule has 2 rings (SSSR count). The molecule has 0 radical (unpaired) electrons. The molecule has 0 aromatic heterocycles. The lowest BCUT2D eigenvalue weighted by molar-refractivity contribution is 0.575. The fourth-order valence-corrected chi connectivity index (χ4v) is 2.26. The molecular formula is C15H15Cl2N. The largest absolute Gasteiger partial charge is 0.306 e. The standard InChI is InChI=1S/C15H15Cl2N/c1-11(12-5-3-2-4-6-12)18-10-13-7-8-14(16)9-15(13)17/h2-9,11,18H,10H2,1H3. The fraction of sp³-hybridized carbons (Fsp3) is 0.200. The highest BCUT2D eigenvalue weighted by molar-refractivity contribution is 6.35. The van der Waals surface area contributed by atoms with Gasteiger partial charge in [-0.05, 0) is 30.2 Å². The third-order valence-corrected chi connectivity index (χ3v) is 3.50. The molecule has 2 aromatic rings. The van der Waals surface area contributed by atoms with Crippen LogP contribution in [-0.4, -0.2) is 0 Å². The Morgan fingerprint density at radius 3 is 2.44 bits per heavy atom. The van der Waals surface area contributed by atoms with Gasteiger partial charge in [0.15, 0.2) is 0 Å². The molecule has 1 unspecified atom stereocenters. The van der Waals surface area contributed by atoms with Crippen molar-refractivity contribution < 1.29 is 0 Å². The lowest BCUT2D eigenvalue weighted by Gasteiger charge is -2.15. The number of halogens is 2. The number of hydrogen-bond acceptors (Lipinski definition) is 1. The van der Waals surface area contributed by atoms with Crippen LogP contribution in [0.5, 0.6) is 0 Å². The van der Waals surface area contributed by atoms with Crippen molar-refractivity contribution >= 4 is 23.2 Å². The minimum Gasteiger partial charge on any atom is -0.306 e. The highest BCUT2D eigenvalue weighted by atomic mass is 35.5. The molecule has 1 N–H and O–H groups in total. The number of benzene rings is 2. The van der Waals surface area contributed by atoms with Gasteiger partial charge in [-0.2, -0.15) is 0 Å². The quantitative estimate of drug-likeness (QED) is 0.844. The second-order valence-electron chi connectivity index (χ2n) is 4.25. The van der Waals surface area contributed by atoms with E-state index >= 15 is 0 Å². The van der Waals surface area contributed by atoms with Crippen LogP contribution >= 0.6 is 23.2 Å². The first-order valence-electron chi connectivity index (χ1n) is 5.89. The highest BCUT2D eigenvalue weighted by Crippen LogP contribution is 2.21. The Balaban J connectivity index is 1.99. The lowest BCUT2D eigenvalue weighted by Crippen LogP contribution is -2.18. The first kappa shape index (κ1) is 13.4. The summed E-state index contributed by atoms with van der Waals surface area (Å²) >= 11 is 12.0. The van der Waals surface area contributed by atoms with E-state index in [4.69, 9.17) is 23.2 Å². The lowest BCUT2D eigenvalue weighted by atomic mass is 10.1. The van der Waals surface area contributed by atoms with Crippen LogP contribution in [-0.2, 0) is 6.54 Å². The Bertz CT molecular complexity index is 511. The molecule has 0 aliphatic heterocycles. The molecule has 18 heavy (non-hydrogen) atoms. The van der Waals surface area contributed by atoms with Gasteiger partial charge in [-0.25, -0.2) is 0 Å². The zero-order valence-corrected chi connectivity index (χ0v) is 11.7. The van der Waals surface area contributed by atoms with Crippen molar-refractivity contribution in [1.82, 2.24) is 5.32 Å². The molecule has 0 saturated carbocycles. The first-order valence-corrected chi connectivity index (χ1v) is 6.64. The Morgan fingerprint density at radius 2 is 1.78 bits per heavy atom. The van der Waals surface area contributed by atoms with E-state index in [0.717, 1.165) is 12.1 Å². The van der Waals surface area contributed by atoms with Crippen LogP contribution in [0.4, 0.5) is 0 Å². The van der Waals surface area contributed by atoms with Crippen LogP contribution < -0.4 is 5.32 Å². The van der Waals surface area contributed by atoms with E-state index in [1.807, 2.05) is 30.3 Å². The van der Waals surface area contributed by atoms with Gasteiger partial charge in [0.2, 0.25) is 0 Å². The van der Waals surface area contributed by atoms with Gasteiger partial charge in [0.25, 0.3) is 0 Å². The summed E-state index contributed by atoms with van der Waals surface area (Å²) < 4.78 is 0. The third kappa shape index (κ3) is 3.49. The Morgan fingerprint density at radius 1 is 1.06 bits per heavy atom. The molecule has 2 aromatic carbocycles. The molecule has 1 nitrogen and oxygen atoms in total. The van der Waals surface area contributed by atoms with Gasteiger partial charge in [0, 0.05) is 22.6 Å². The Kier molecular flexibility index (Phi) is 4.65. The number of rotatable bonds is 4. The van der Waals surface area contributed by atoms with Crippen molar-refractivity contribution in [3.8, 4) is 0 Å². The Labute approximate surface area is 118 Å². The molecule has 0 spiro atoms. The van der Waals surface area contributed by atoms with Crippen molar-refractivity contribution in [2.24, 2.45) is 0 Å². The van der Waals surface area contributed by atoms with Gasteiger partial charge >= 0.3 is 0 Å². The molecule has 3 heteroatoms. The van der Waals surface area contributed by atoms with Crippen molar-refractivity contribution in [3.63, 3.8) is 0 Å². The SMILES string of the molecule is CC(NCc1ccc(Cl)cc1Cl)c1ccccc1. The topological polar surface area (TPSA) is 12.0 Å². The second-order valence-corrected chi connectivity index (χ2v) is 5.09. The van der Waals surface area contributed by atoms with E-state index in [2.05, 4.69) is 24.4 Å². The molecule has 0 aliphatic carbocycles. The average molecular weight is 280 g/mol. The minimum absolute atomic E-state index is 0.290. The van der Waals surface area contributed by atoms with Gasteiger partial charge < -0.3 is 5.32 Å². The molecule has 1 atom stereocenters. The second kappa shape index (κ2) is 6.24. The molecule has 0 fully saturated rings. The van der Waals surface area contributed by atoms with E-state index < -0.39 is 0 Å². The van der Waals surface area contributed by atoms with E-state index in [-0.39, 0.29) is 6.04 Å². The van der Waals surface area contributed by atoms with Crippen molar-refractivity contribution in [2.75, 3.05) is 0 Å². The zero-order chi connectivity index (χ0) is 13.0. The highest BCUT2D eigenvalue weighted by Gasteiger charge is 2.06. The van der Waals surface area contributed by atoms with Crippen LogP contribution in [0, 0.1) is 0 Å². The summed E-state index contributed by atoms with van der Waals surface area (Å²) in [7, 11) is 0. The van der Waals surface area contributed by atoms with E-state index in [9.17, 15) is 0 Å². The van der Waals surface area contributed by atoms with E-state index in [0.29, 0.717) is 10.0 Å². The zero-order valence-electron chi connectivity index (χ0n) is 10.2. The van der Waals surface area contributed by atoms with E-state index in [1.165, 1.54) is 5.56 Å². The summed E-state index contributed by atoms with van der Waals surface area (Å²) in [6.45, 7) is 2.87. The number of nitrogens with one attached hydrogen (secondary N) is 1. The monoisotopic (exact) mass is 279 g/mol. The number of hydrogen-bond donors (Lipinski definition) is 1. The summed E-state index contributed by atoms with van der Waals surface area (Å²) in [6, 6.07) is 16.2. The average Bonchev–Trinajstić information content (AvgIpc) is 2.38. The molecule has 0 bridgehead atoms. The van der Waals surface area contributed by atoms with Crippen LogP contribution in [0.1, 0.15) is 24.1 Å². The van der Waals surface area contributed by atoms with Crippen LogP contribution in [0.2, 0.25) is 10.0 Å². The van der Waals surface area contributed by atoms with Crippen molar-refractivity contribution in [2.45, 2.75) is 19.5 Å². The van der Waals surface area contributed by atoms with Gasteiger partial charge in [-0.1, -0.05) is 59.6 Å². The summed E-state index contributed by atoms with van der Waals surface area (Å²) in [5.41, 5.74) is 2.33. The summed E-state index contributed by atoms with van der Waals surface area (Å²) in [5.74, 6) is 0. The van der Waals surface area contributed by atoms with Crippen molar-refractivity contribution in [3.05, 3.63) is 69.7 Å². The maximum Gasteiger partial charge on any atom is 0.0465 e. The van der Waals surface area contributed by atoms with Gasteiger partial charge in [-0.15, -0.1) is 0 Å². The smallest absolute Gasteiger partial charge is 0.0465 e. The van der Waals surface area contributed by atoms with Crippen molar-refractivity contribution in [1.29, 1.82) is 0 Å². The molecule has 0 aliphatic rings. The van der Waals surface area contributed by atoms with Crippen LogP contribution in [0.15, 0.2) is 48.5 Å². The van der Waals surface area contributed by atoms with Gasteiger partial charge in [-0.3, -0.25) is 0 Å². The van der Waals surface area contributed by atoms with E-state index in [1.54, 1.807) is 6.07 Å². The molecule has 0 amide bonds.